The van der Waals surface area contributed by atoms with Gasteiger partial charge in [-0.3, -0.25) is 10.9 Å². The van der Waals surface area contributed by atoms with Gasteiger partial charge in [-0.25, -0.2) is 0 Å². The molecule has 19 heavy (non-hydrogen) atoms. The van der Waals surface area contributed by atoms with Crippen LogP contribution in [0.3, 0.4) is 0 Å². The molecule has 0 aliphatic heterocycles. The molecule has 1 aromatic carbocycles. The van der Waals surface area contributed by atoms with Gasteiger partial charge in [-0.15, -0.1) is 0 Å². The molecule has 5 nitrogen and oxygen atoms in total. The summed E-state index contributed by atoms with van der Waals surface area (Å²) in [4.78, 5) is 0. The largest absolute Gasteiger partial charge is 0.383 e. The Morgan fingerprint density at radius 2 is 1.68 bits per heavy atom. The number of hydrogen-bond donors (Lipinski definition) is 4. The fourth-order valence-electron chi connectivity index (χ4n) is 1.25. The van der Waals surface area contributed by atoms with Crippen LogP contribution in [0.25, 0.3) is 0 Å². The first-order valence-corrected chi connectivity index (χ1v) is 6.64. The Morgan fingerprint density at radius 1 is 1.05 bits per heavy atom. The quantitative estimate of drug-likeness (QED) is 0.362. The van der Waals surface area contributed by atoms with Gasteiger partial charge in [-0.05, 0) is 30.0 Å². The molecule has 4 N–H and O–H groups in total. The lowest BCUT2D eigenvalue weighted by Crippen LogP contribution is -2.50. The summed E-state index contributed by atoms with van der Waals surface area (Å²) in [5.41, 5.74) is 6.75. The van der Waals surface area contributed by atoms with E-state index in [0.29, 0.717) is 29.9 Å². The Balaban J connectivity index is 2.12. The first kappa shape index (κ1) is 15.6. The average Bonchev–Trinajstić information content (AvgIpc) is 2.44. The summed E-state index contributed by atoms with van der Waals surface area (Å²) in [5, 5.41) is 6.98. The second-order valence-corrected chi connectivity index (χ2v) is 4.48. The van der Waals surface area contributed by atoms with Crippen molar-refractivity contribution in [1.29, 1.82) is 0 Å². The number of ether oxygens (including phenoxy) is 1. The molecule has 0 atom stereocenters. The highest BCUT2D eigenvalue weighted by atomic mass is 32.1. The molecule has 0 aliphatic carbocycles. The summed E-state index contributed by atoms with van der Waals surface area (Å²) in [5.74, 6) is 0. The topological polar surface area (TPSA) is 57.4 Å². The predicted octanol–water partition coefficient (Wildman–Crippen LogP) is 0.676. The monoisotopic (exact) mass is 298 g/mol. The first-order valence-electron chi connectivity index (χ1n) is 5.83. The molecule has 1 rings (SSSR count). The summed E-state index contributed by atoms with van der Waals surface area (Å²) in [6.07, 6.45) is 0. The Hall–Kier alpha value is -1.44. The van der Waals surface area contributed by atoms with Crippen LogP contribution in [0.5, 0.6) is 0 Å². The number of thiocarbonyl (C=S) groups is 2. The van der Waals surface area contributed by atoms with Gasteiger partial charge in [0.05, 0.1) is 6.61 Å². The van der Waals surface area contributed by atoms with Crippen molar-refractivity contribution in [3.63, 3.8) is 0 Å². The predicted molar refractivity (Wildman–Crippen MR) is 84.6 cm³/mol. The van der Waals surface area contributed by atoms with E-state index < -0.39 is 0 Å². The van der Waals surface area contributed by atoms with Crippen molar-refractivity contribution in [3.8, 4) is 0 Å². The number of benzene rings is 1. The average molecular weight is 298 g/mol. The van der Waals surface area contributed by atoms with Crippen LogP contribution in [-0.4, -0.2) is 30.5 Å². The van der Waals surface area contributed by atoms with Crippen LogP contribution < -0.4 is 21.5 Å². The van der Waals surface area contributed by atoms with E-state index in [9.17, 15) is 0 Å². The normalized spacial score (nSPS) is 9.53. The summed E-state index contributed by atoms with van der Waals surface area (Å²) < 4.78 is 4.90. The van der Waals surface area contributed by atoms with Gasteiger partial charge in [0, 0.05) is 20.2 Å². The minimum absolute atomic E-state index is 0.473. The van der Waals surface area contributed by atoms with Crippen LogP contribution >= 0.6 is 24.4 Å². The van der Waals surface area contributed by atoms with Crippen LogP contribution in [0, 0.1) is 0 Å². The third-order valence-corrected chi connectivity index (χ3v) is 2.67. The minimum atomic E-state index is 0.473. The van der Waals surface area contributed by atoms with Crippen molar-refractivity contribution in [2.75, 3.05) is 20.3 Å². The SMILES string of the molecule is COCCNC(=S)NNC(=S)NCc1ccccc1. The Kier molecular flexibility index (Phi) is 7.80. The second kappa shape index (κ2) is 9.48. The van der Waals surface area contributed by atoms with Crippen molar-refractivity contribution >= 4 is 34.7 Å². The van der Waals surface area contributed by atoms with Crippen molar-refractivity contribution < 1.29 is 4.74 Å². The van der Waals surface area contributed by atoms with E-state index in [1.54, 1.807) is 7.11 Å². The van der Waals surface area contributed by atoms with Crippen molar-refractivity contribution in [1.82, 2.24) is 21.5 Å². The summed E-state index contributed by atoms with van der Waals surface area (Å²) in [6.45, 7) is 1.91. The number of rotatable bonds is 5. The number of hydrogen-bond acceptors (Lipinski definition) is 3. The zero-order valence-corrected chi connectivity index (χ0v) is 12.4. The van der Waals surface area contributed by atoms with Crippen LogP contribution in [0.1, 0.15) is 5.56 Å². The van der Waals surface area contributed by atoms with E-state index in [1.807, 2.05) is 30.3 Å². The molecule has 0 fully saturated rings. The Bertz CT molecular complexity index is 400. The summed E-state index contributed by atoms with van der Waals surface area (Å²) >= 11 is 10.1. The molecule has 0 bridgehead atoms. The van der Waals surface area contributed by atoms with E-state index in [1.165, 1.54) is 0 Å². The standard InChI is InChI=1S/C12H18N4OS2/c1-17-8-7-13-11(18)15-16-12(19)14-9-10-5-3-2-4-6-10/h2-6H,7-9H2,1H3,(H2,13,15,18)(H2,14,16,19). The maximum absolute atomic E-state index is 5.11. The number of methoxy groups -OCH3 is 1. The first-order chi connectivity index (χ1) is 9.22. The zero-order chi connectivity index (χ0) is 13.9. The van der Waals surface area contributed by atoms with Gasteiger partial charge < -0.3 is 15.4 Å². The van der Waals surface area contributed by atoms with E-state index in [-0.39, 0.29) is 0 Å². The highest BCUT2D eigenvalue weighted by molar-refractivity contribution is 7.80. The fraction of sp³-hybridized carbons (Fsp3) is 0.333. The molecule has 0 aromatic heterocycles. The molecular weight excluding hydrogens is 280 g/mol. The highest BCUT2D eigenvalue weighted by Crippen LogP contribution is 1.96. The molecule has 0 aliphatic rings. The zero-order valence-electron chi connectivity index (χ0n) is 10.7. The van der Waals surface area contributed by atoms with Crippen LogP contribution in [0.15, 0.2) is 30.3 Å². The van der Waals surface area contributed by atoms with E-state index in [0.717, 1.165) is 5.56 Å². The van der Waals surface area contributed by atoms with Gasteiger partial charge in [0.1, 0.15) is 0 Å². The van der Waals surface area contributed by atoms with E-state index in [4.69, 9.17) is 29.2 Å². The molecule has 0 spiro atoms. The number of nitrogens with one attached hydrogen (secondary N) is 4. The van der Waals surface area contributed by atoms with E-state index in [2.05, 4.69) is 21.5 Å². The van der Waals surface area contributed by atoms with Crippen LogP contribution in [0.4, 0.5) is 0 Å². The second-order valence-electron chi connectivity index (χ2n) is 3.67. The molecule has 104 valence electrons. The van der Waals surface area contributed by atoms with Crippen molar-refractivity contribution in [2.45, 2.75) is 6.54 Å². The van der Waals surface area contributed by atoms with Crippen molar-refractivity contribution in [2.24, 2.45) is 0 Å². The van der Waals surface area contributed by atoms with Gasteiger partial charge in [0.15, 0.2) is 10.2 Å². The Labute approximate surface area is 124 Å². The lowest BCUT2D eigenvalue weighted by atomic mass is 10.2. The highest BCUT2D eigenvalue weighted by Gasteiger charge is 1.97. The third-order valence-electron chi connectivity index (χ3n) is 2.18. The number of hydrazine groups is 1. The van der Waals surface area contributed by atoms with Gasteiger partial charge in [-0.2, -0.15) is 0 Å². The van der Waals surface area contributed by atoms with Gasteiger partial charge in [0.2, 0.25) is 0 Å². The van der Waals surface area contributed by atoms with E-state index >= 15 is 0 Å². The molecule has 0 amide bonds. The third kappa shape index (κ3) is 7.55. The van der Waals surface area contributed by atoms with Crippen LogP contribution in [0.2, 0.25) is 0 Å². The molecule has 0 heterocycles. The lowest BCUT2D eigenvalue weighted by molar-refractivity contribution is 0.204. The Morgan fingerprint density at radius 3 is 2.32 bits per heavy atom. The molecule has 7 heteroatoms. The van der Waals surface area contributed by atoms with Gasteiger partial charge >= 0.3 is 0 Å². The lowest BCUT2D eigenvalue weighted by Gasteiger charge is -2.14. The van der Waals surface area contributed by atoms with Crippen molar-refractivity contribution in [3.05, 3.63) is 35.9 Å². The van der Waals surface area contributed by atoms with Gasteiger partial charge in [0.25, 0.3) is 0 Å². The summed E-state index contributed by atoms with van der Waals surface area (Å²) in [6, 6.07) is 10.0. The minimum Gasteiger partial charge on any atom is -0.383 e. The van der Waals surface area contributed by atoms with Gasteiger partial charge in [-0.1, -0.05) is 30.3 Å². The molecule has 0 unspecified atom stereocenters. The molecule has 1 aromatic rings. The molecule has 0 radical (unpaired) electrons. The summed E-state index contributed by atoms with van der Waals surface area (Å²) in [7, 11) is 1.64. The molecule has 0 saturated heterocycles. The fourth-order valence-corrected chi connectivity index (χ4v) is 1.52. The smallest absolute Gasteiger partial charge is 0.185 e. The maximum atomic E-state index is 5.11. The molecule has 0 saturated carbocycles. The maximum Gasteiger partial charge on any atom is 0.185 e. The molecular formula is C12H18N4OS2. The van der Waals surface area contributed by atoms with Crippen LogP contribution in [-0.2, 0) is 11.3 Å².